The molecule has 160 valence electrons. The van der Waals surface area contributed by atoms with E-state index in [2.05, 4.69) is 15.5 Å². The molecule has 4 rings (SSSR count). The molecule has 0 radical (unpaired) electrons. The number of piperazine rings is 1. The smallest absolute Gasteiger partial charge is 0.264 e. The van der Waals surface area contributed by atoms with Gasteiger partial charge in [-0.25, -0.2) is 0 Å². The third-order valence-corrected chi connectivity index (χ3v) is 6.03. The van der Waals surface area contributed by atoms with Crippen LogP contribution in [-0.4, -0.2) is 85.8 Å². The Morgan fingerprint density at radius 1 is 1.10 bits per heavy atom. The van der Waals surface area contributed by atoms with Crippen molar-refractivity contribution in [3.05, 3.63) is 29.3 Å². The van der Waals surface area contributed by atoms with Crippen molar-refractivity contribution in [2.45, 2.75) is 25.3 Å². The Morgan fingerprint density at radius 2 is 1.87 bits per heavy atom. The van der Waals surface area contributed by atoms with E-state index in [1.54, 1.807) is 12.1 Å². The Morgan fingerprint density at radius 3 is 2.60 bits per heavy atom. The average Bonchev–Trinajstić information content (AvgIpc) is 2.99. The second-order valence-corrected chi connectivity index (χ2v) is 8.01. The third-order valence-electron chi connectivity index (χ3n) is 6.03. The summed E-state index contributed by atoms with van der Waals surface area (Å²) in [5.74, 6) is -1.90. The Kier molecular flexibility index (Phi) is 5.83. The van der Waals surface area contributed by atoms with Gasteiger partial charge < -0.3 is 15.1 Å². The van der Waals surface area contributed by atoms with Gasteiger partial charge in [-0.1, -0.05) is 6.07 Å². The van der Waals surface area contributed by atoms with Gasteiger partial charge in [0.15, 0.2) is 0 Å². The predicted molar refractivity (Wildman–Crippen MR) is 110 cm³/mol. The number of rotatable bonds is 6. The molecule has 4 amide bonds. The van der Waals surface area contributed by atoms with Crippen molar-refractivity contribution in [1.82, 2.24) is 20.4 Å². The molecule has 1 aromatic carbocycles. The molecular formula is C21H27N5O4. The van der Waals surface area contributed by atoms with Gasteiger partial charge in [0.05, 0.1) is 16.8 Å². The van der Waals surface area contributed by atoms with Crippen molar-refractivity contribution in [1.29, 1.82) is 0 Å². The number of benzene rings is 1. The van der Waals surface area contributed by atoms with E-state index in [-0.39, 0.29) is 18.7 Å². The molecule has 0 bridgehead atoms. The molecule has 9 heteroatoms. The van der Waals surface area contributed by atoms with Crippen LogP contribution in [0, 0.1) is 0 Å². The fourth-order valence-electron chi connectivity index (χ4n) is 4.40. The summed E-state index contributed by atoms with van der Waals surface area (Å²) in [4.78, 5) is 55.2. The van der Waals surface area contributed by atoms with Gasteiger partial charge >= 0.3 is 0 Å². The highest BCUT2D eigenvalue weighted by atomic mass is 16.2. The number of imide groups is 2. The maximum atomic E-state index is 13.2. The highest BCUT2D eigenvalue weighted by Crippen LogP contribution is 2.33. The molecule has 0 spiro atoms. The zero-order valence-electron chi connectivity index (χ0n) is 17.1. The lowest BCUT2D eigenvalue weighted by molar-refractivity contribution is -0.136. The van der Waals surface area contributed by atoms with E-state index in [9.17, 15) is 19.2 Å². The number of anilines is 1. The van der Waals surface area contributed by atoms with Gasteiger partial charge in [0, 0.05) is 46.2 Å². The number of carbonyl (C=O) groups excluding carboxylic acids is 4. The maximum absolute atomic E-state index is 13.2. The number of nitrogens with one attached hydrogen (secondary N) is 2. The number of amides is 4. The van der Waals surface area contributed by atoms with Crippen molar-refractivity contribution in [2.24, 2.45) is 0 Å². The number of carbonyl (C=O) groups is 4. The van der Waals surface area contributed by atoms with Crippen molar-refractivity contribution in [3.8, 4) is 0 Å². The van der Waals surface area contributed by atoms with Gasteiger partial charge in [-0.2, -0.15) is 0 Å². The van der Waals surface area contributed by atoms with Crippen LogP contribution in [0.2, 0.25) is 0 Å². The van der Waals surface area contributed by atoms with Crippen LogP contribution in [0.4, 0.5) is 5.69 Å². The molecule has 30 heavy (non-hydrogen) atoms. The number of piperidine rings is 1. The molecule has 2 fully saturated rings. The van der Waals surface area contributed by atoms with Gasteiger partial charge in [-0.15, -0.1) is 0 Å². The van der Waals surface area contributed by atoms with E-state index < -0.39 is 23.8 Å². The van der Waals surface area contributed by atoms with Gasteiger partial charge in [0.2, 0.25) is 11.8 Å². The number of nitrogens with zero attached hydrogens (tertiary/aromatic N) is 3. The number of hydrogen-bond donors (Lipinski definition) is 2. The SMILES string of the molecule is CN(CCCN1CCNCC1)c1cccc2c1C(=O)N(C1CCC(=O)NC1=O)C2=O. The first-order valence-corrected chi connectivity index (χ1v) is 10.5. The van der Waals surface area contributed by atoms with Crippen molar-refractivity contribution in [2.75, 3.05) is 51.2 Å². The molecular weight excluding hydrogens is 386 g/mol. The zero-order chi connectivity index (χ0) is 21.3. The first kappa shape index (κ1) is 20.5. The molecule has 1 unspecified atom stereocenters. The Hall–Kier alpha value is -2.78. The molecule has 2 saturated heterocycles. The minimum atomic E-state index is -0.944. The summed E-state index contributed by atoms with van der Waals surface area (Å²) >= 11 is 0. The minimum absolute atomic E-state index is 0.114. The molecule has 1 atom stereocenters. The first-order chi connectivity index (χ1) is 14.5. The fraction of sp³-hybridized carbons (Fsp3) is 0.524. The van der Waals surface area contributed by atoms with Crippen molar-refractivity contribution >= 4 is 29.3 Å². The van der Waals surface area contributed by atoms with E-state index >= 15 is 0 Å². The number of fused-ring (bicyclic) bond motifs is 1. The predicted octanol–water partition coefficient (Wildman–Crippen LogP) is -0.181. The largest absolute Gasteiger partial charge is 0.374 e. The maximum Gasteiger partial charge on any atom is 0.264 e. The molecule has 3 aliphatic rings. The minimum Gasteiger partial charge on any atom is -0.374 e. The van der Waals surface area contributed by atoms with E-state index in [0.29, 0.717) is 16.8 Å². The lowest BCUT2D eigenvalue weighted by Crippen LogP contribution is -2.54. The summed E-state index contributed by atoms with van der Waals surface area (Å²) in [5.41, 5.74) is 1.36. The van der Waals surface area contributed by atoms with Crippen molar-refractivity contribution < 1.29 is 19.2 Å². The summed E-state index contributed by atoms with van der Waals surface area (Å²) in [5, 5.41) is 5.57. The van der Waals surface area contributed by atoms with Crippen molar-refractivity contribution in [3.63, 3.8) is 0 Å². The summed E-state index contributed by atoms with van der Waals surface area (Å²) in [7, 11) is 1.92. The Bertz CT molecular complexity index is 880. The van der Waals surface area contributed by atoms with Gasteiger partial charge in [0.25, 0.3) is 11.8 Å². The molecule has 9 nitrogen and oxygen atoms in total. The summed E-state index contributed by atoms with van der Waals surface area (Å²) in [6, 6.07) is 4.28. The van der Waals surface area contributed by atoms with E-state index in [0.717, 1.165) is 50.6 Å². The van der Waals surface area contributed by atoms with Crippen LogP contribution >= 0.6 is 0 Å². The third kappa shape index (κ3) is 3.82. The van der Waals surface area contributed by atoms with E-state index in [1.165, 1.54) is 0 Å². The van der Waals surface area contributed by atoms with Gasteiger partial charge in [0.1, 0.15) is 6.04 Å². The Labute approximate surface area is 175 Å². The molecule has 3 heterocycles. The molecule has 0 aliphatic carbocycles. The van der Waals surface area contributed by atoms with Crippen LogP contribution in [0.3, 0.4) is 0 Å². The van der Waals surface area contributed by atoms with Crippen LogP contribution in [-0.2, 0) is 9.59 Å². The first-order valence-electron chi connectivity index (χ1n) is 10.5. The summed E-state index contributed by atoms with van der Waals surface area (Å²) in [6.45, 7) is 5.83. The Balaban J connectivity index is 1.48. The molecule has 0 saturated carbocycles. The second kappa shape index (κ2) is 8.53. The standard InChI is InChI=1S/C21H27N5O4/c1-24(10-3-11-25-12-8-22-9-13-25)15-5-2-4-14-18(15)21(30)26(20(14)29)16-6-7-17(27)23-19(16)28/h2,4-5,16,22H,3,6-13H2,1H3,(H,23,27,28). The van der Waals surface area contributed by atoms with Crippen LogP contribution in [0.15, 0.2) is 18.2 Å². The summed E-state index contributed by atoms with van der Waals surface area (Å²) < 4.78 is 0. The van der Waals surface area contributed by atoms with Crippen LogP contribution < -0.4 is 15.5 Å². The molecule has 0 aromatic heterocycles. The quantitative estimate of drug-likeness (QED) is 0.624. The van der Waals surface area contributed by atoms with Gasteiger partial charge in [-0.05, 0) is 31.5 Å². The highest BCUT2D eigenvalue weighted by molar-refractivity contribution is 6.25. The van der Waals surface area contributed by atoms with Gasteiger partial charge in [-0.3, -0.25) is 29.4 Å². The average molecular weight is 413 g/mol. The molecule has 1 aromatic rings. The molecule has 2 N–H and O–H groups in total. The highest BCUT2D eigenvalue weighted by Gasteiger charge is 2.45. The lowest BCUT2D eigenvalue weighted by atomic mass is 10.0. The second-order valence-electron chi connectivity index (χ2n) is 8.01. The fourth-order valence-corrected chi connectivity index (χ4v) is 4.40. The zero-order valence-corrected chi connectivity index (χ0v) is 17.1. The normalized spacial score (nSPS) is 22.3. The van der Waals surface area contributed by atoms with Crippen LogP contribution in [0.1, 0.15) is 40.0 Å². The monoisotopic (exact) mass is 413 g/mol. The summed E-state index contributed by atoms with van der Waals surface area (Å²) in [6.07, 6.45) is 1.22. The number of hydrogen-bond acceptors (Lipinski definition) is 7. The van der Waals surface area contributed by atoms with E-state index in [4.69, 9.17) is 0 Å². The van der Waals surface area contributed by atoms with Crippen LogP contribution in [0.5, 0.6) is 0 Å². The lowest BCUT2D eigenvalue weighted by Gasteiger charge is -2.29. The van der Waals surface area contributed by atoms with E-state index in [1.807, 2.05) is 18.0 Å². The van der Waals surface area contributed by atoms with Crippen LogP contribution in [0.25, 0.3) is 0 Å². The molecule has 3 aliphatic heterocycles. The topological polar surface area (TPSA) is 102 Å².